The molecule has 0 unspecified atom stereocenters. The van der Waals surface area contributed by atoms with Gasteiger partial charge in [-0.1, -0.05) is 23.2 Å². The van der Waals surface area contributed by atoms with Crippen LogP contribution in [-0.4, -0.2) is 65.9 Å². The van der Waals surface area contributed by atoms with Crippen LogP contribution < -0.4 is 21.9 Å². The first-order valence-electron chi connectivity index (χ1n) is 11.2. The number of nitrogens with two attached hydrogens (primary N) is 1. The number of aliphatic hydroxyl groups excluding tert-OH is 1. The van der Waals surface area contributed by atoms with Crippen molar-refractivity contribution in [3.8, 4) is 0 Å². The first-order valence-corrected chi connectivity index (χ1v) is 12.0. The smallest absolute Gasteiger partial charge is 0.150 e. The van der Waals surface area contributed by atoms with E-state index in [1.807, 2.05) is 11.0 Å². The second kappa shape index (κ2) is 10.8. The van der Waals surface area contributed by atoms with Crippen molar-refractivity contribution >= 4 is 34.9 Å². The van der Waals surface area contributed by atoms with Crippen LogP contribution in [0.4, 0.5) is 4.39 Å². The van der Waals surface area contributed by atoms with E-state index in [0.717, 1.165) is 37.4 Å². The number of rotatable bonds is 6. The van der Waals surface area contributed by atoms with Gasteiger partial charge in [-0.2, -0.15) is 0 Å². The fraction of sp³-hybridized carbons (Fsp3) is 0.455. The van der Waals surface area contributed by atoms with E-state index in [2.05, 4.69) is 26.1 Å². The Hall–Kier alpha value is -2.53. The lowest BCUT2D eigenvalue weighted by Crippen LogP contribution is -2.50. The van der Waals surface area contributed by atoms with Crippen molar-refractivity contribution in [1.29, 1.82) is 5.41 Å². The zero-order chi connectivity index (χ0) is 24.2. The van der Waals surface area contributed by atoms with Crippen LogP contribution in [0.3, 0.4) is 0 Å². The quantitative estimate of drug-likeness (QED) is 0.195. The Morgan fingerprint density at radius 3 is 2.74 bits per heavy atom. The summed E-state index contributed by atoms with van der Waals surface area (Å²) in [5, 5.41) is 21.2. The number of hydrogen-bond acceptors (Lipinski definition) is 7. The standard InChI is InChI=1S/C22H29Cl2FN8O/c23-15-1-2-16(25)19(24)14(15)12-33-8-5-28-22-18(33)11-17(30-31-22)21(27)29-20(26)13-3-6-32(7-4-13)9-10-34/h1-2,11,13,28,30-31,34H,3-10,12H2,(H3,26,27,29). The summed E-state index contributed by atoms with van der Waals surface area (Å²) in [4.78, 5) is 8.58. The number of hydrogen-bond donors (Lipinski definition) is 6. The number of nitrogens with one attached hydrogen (secondary N) is 4. The molecule has 9 nitrogen and oxygen atoms in total. The van der Waals surface area contributed by atoms with Gasteiger partial charge in [0.15, 0.2) is 5.84 Å². The van der Waals surface area contributed by atoms with E-state index in [1.165, 1.54) is 12.1 Å². The molecule has 7 N–H and O–H groups in total. The Kier molecular flexibility index (Phi) is 7.82. The molecular formula is C22H29Cl2FN8O. The van der Waals surface area contributed by atoms with Crippen LogP contribution in [0.5, 0.6) is 0 Å². The molecule has 3 heterocycles. The van der Waals surface area contributed by atoms with Gasteiger partial charge in [0.05, 0.1) is 23.0 Å². The summed E-state index contributed by atoms with van der Waals surface area (Å²) in [6, 6.07) is 2.76. The minimum Gasteiger partial charge on any atom is -0.395 e. The number of likely N-dealkylation sites (tertiary alicyclic amines) is 1. The van der Waals surface area contributed by atoms with Crippen molar-refractivity contribution in [2.75, 3.05) is 39.3 Å². The molecule has 0 atom stereocenters. The molecule has 0 radical (unpaired) electrons. The Balaban J connectivity index is 1.49. The van der Waals surface area contributed by atoms with E-state index in [-0.39, 0.29) is 29.2 Å². The number of hydrazine groups is 1. The van der Waals surface area contributed by atoms with Gasteiger partial charge >= 0.3 is 0 Å². The lowest BCUT2D eigenvalue weighted by Gasteiger charge is -2.36. The Morgan fingerprint density at radius 1 is 1.24 bits per heavy atom. The largest absolute Gasteiger partial charge is 0.395 e. The Morgan fingerprint density at radius 2 is 2.00 bits per heavy atom. The van der Waals surface area contributed by atoms with Gasteiger partial charge < -0.3 is 26.0 Å². The first kappa shape index (κ1) is 24.6. The van der Waals surface area contributed by atoms with E-state index < -0.39 is 5.82 Å². The van der Waals surface area contributed by atoms with Gasteiger partial charge in [0.25, 0.3) is 0 Å². The van der Waals surface area contributed by atoms with Crippen molar-refractivity contribution < 1.29 is 9.50 Å². The highest BCUT2D eigenvalue weighted by atomic mass is 35.5. The molecule has 12 heteroatoms. The number of nitrogens with zero attached hydrogens (tertiary/aromatic N) is 3. The van der Waals surface area contributed by atoms with Crippen LogP contribution in [0.2, 0.25) is 10.0 Å². The average molecular weight is 511 g/mol. The third-order valence-corrected chi connectivity index (χ3v) is 7.04. The van der Waals surface area contributed by atoms with Gasteiger partial charge in [-0.25, -0.2) is 9.38 Å². The van der Waals surface area contributed by atoms with Gasteiger partial charge in [0, 0.05) is 42.7 Å². The SMILES string of the molecule is N=C(N=C(N)C1=CC2=C(NCCN2Cc2c(Cl)ccc(F)c2Cl)NN1)C1CCN(CCO)CC1. The number of benzene rings is 1. The number of allylic oxidation sites excluding steroid dienone is 1. The molecule has 1 fully saturated rings. The molecule has 0 saturated carbocycles. The maximum Gasteiger partial charge on any atom is 0.150 e. The van der Waals surface area contributed by atoms with Crippen molar-refractivity contribution in [1.82, 2.24) is 26.0 Å². The van der Waals surface area contributed by atoms with Crippen molar-refractivity contribution in [3.63, 3.8) is 0 Å². The number of β-amino-alcohol motifs (C(OH)–C–C–N with tert-alkyl or cyclic N) is 1. The van der Waals surface area contributed by atoms with Gasteiger partial charge in [0.2, 0.25) is 0 Å². The molecule has 0 amide bonds. The second-order valence-corrected chi connectivity index (χ2v) is 9.25. The molecule has 0 aromatic heterocycles. The maximum absolute atomic E-state index is 14.0. The lowest BCUT2D eigenvalue weighted by molar-refractivity contribution is 0.162. The molecule has 3 aliphatic heterocycles. The van der Waals surface area contributed by atoms with Crippen LogP contribution in [0.15, 0.2) is 40.4 Å². The van der Waals surface area contributed by atoms with Crippen molar-refractivity contribution in [2.45, 2.75) is 19.4 Å². The number of halogens is 3. The van der Waals surface area contributed by atoms with Gasteiger partial charge in [0.1, 0.15) is 17.5 Å². The molecule has 0 aliphatic carbocycles. The van der Waals surface area contributed by atoms with Crippen LogP contribution in [0.1, 0.15) is 18.4 Å². The van der Waals surface area contributed by atoms with E-state index in [9.17, 15) is 4.39 Å². The van der Waals surface area contributed by atoms with Crippen LogP contribution in [0, 0.1) is 17.1 Å². The zero-order valence-electron chi connectivity index (χ0n) is 18.7. The first-order chi connectivity index (χ1) is 16.4. The summed E-state index contributed by atoms with van der Waals surface area (Å²) in [6.45, 7) is 4.09. The number of piperidine rings is 1. The predicted molar refractivity (Wildman–Crippen MR) is 132 cm³/mol. The number of aliphatic hydroxyl groups is 1. The van der Waals surface area contributed by atoms with Crippen LogP contribution in [-0.2, 0) is 6.54 Å². The summed E-state index contributed by atoms with van der Waals surface area (Å²) < 4.78 is 14.0. The molecule has 1 saturated heterocycles. The molecule has 1 aromatic carbocycles. The second-order valence-electron chi connectivity index (χ2n) is 8.46. The Labute approximate surface area is 208 Å². The summed E-state index contributed by atoms with van der Waals surface area (Å²) >= 11 is 12.5. The number of amidine groups is 2. The van der Waals surface area contributed by atoms with Crippen LogP contribution in [0.25, 0.3) is 0 Å². The molecule has 184 valence electrons. The minimum absolute atomic E-state index is 0.0128. The molecule has 0 spiro atoms. The maximum atomic E-state index is 14.0. The highest BCUT2D eigenvalue weighted by Crippen LogP contribution is 2.30. The van der Waals surface area contributed by atoms with Gasteiger partial charge in [-0.05, 0) is 44.1 Å². The fourth-order valence-corrected chi connectivity index (χ4v) is 4.81. The van der Waals surface area contributed by atoms with E-state index >= 15 is 0 Å². The third-order valence-electron chi connectivity index (χ3n) is 6.28. The zero-order valence-corrected chi connectivity index (χ0v) is 20.2. The van der Waals surface area contributed by atoms with Gasteiger partial charge in [-0.3, -0.25) is 16.3 Å². The third kappa shape index (κ3) is 5.41. The van der Waals surface area contributed by atoms with Crippen molar-refractivity contribution in [3.05, 3.63) is 56.8 Å². The lowest BCUT2D eigenvalue weighted by atomic mass is 9.95. The molecule has 34 heavy (non-hydrogen) atoms. The van der Waals surface area contributed by atoms with E-state index in [4.69, 9.17) is 39.5 Å². The normalized spacial score (nSPS) is 19.7. The van der Waals surface area contributed by atoms with E-state index in [1.54, 1.807) is 0 Å². The monoisotopic (exact) mass is 510 g/mol. The molecular weight excluding hydrogens is 482 g/mol. The molecule has 3 aliphatic rings. The van der Waals surface area contributed by atoms with E-state index in [0.29, 0.717) is 42.5 Å². The number of aliphatic imine (C=N–C) groups is 1. The molecule has 4 rings (SSSR count). The highest BCUT2D eigenvalue weighted by molar-refractivity contribution is 6.36. The topological polar surface area (TPSA) is 125 Å². The van der Waals surface area contributed by atoms with Crippen LogP contribution >= 0.6 is 23.2 Å². The summed E-state index contributed by atoms with van der Waals surface area (Å²) in [7, 11) is 0. The summed E-state index contributed by atoms with van der Waals surface area (Å²) in [5.74, 6) is 0.722. The average Bonchev–Trinajstić information content (AvgIpc) is 2.84. The Bertz CT molecular complexity index is 1040. The fourth-order valence-electron chi connectivity index (χ4n) is 4.32. The minimum atomic E-state index is -0.512. The molecule has 0 bridgehead atoms. The highest BCUT2D eigenvalue weighted by Gasteiger charge is 2.26. The van der Waals surface area contributed by atoms with Gasteiger partial charge in [-0.15, -0.1) is 0 Å². The predicted octanol–water partition coefficient (Wildman–Crippen LogP) is 1.74. The summed E-state index contributed by atoms with van der Waals surface area (Å²) in [6.07, 6.45) is 3.46. The summed E-state index contributed by atoms with van der Waals surface area (Å²) in [5.41, 5.74) is 14.2. The molecule has 1 aromatic rings. The van der Waals surface area contributed by atoms with Crippen molar-refractivity contribution in [2.24, 2.45) is 16.6 Å².